The van der Waals surface area contributed by atoms with Gasteiger partial charge < -0.3 is 14.7 Å². The van der Waals surface area contributed by atoms with Crippen LogP contribution >= 0.6 is 0 Å². The van der Waals surface area contributed by atoms with E-state index in [2.05, 4.69) is 17.0 Å². The Labute approximate surface area is 117 Å². The summed E-state index contributed by atoms with van der Waals surface area (Å²) in [5.41, 5.74) is 2.57. The quantitative estimate of drug-likeness (QED) is 0.849. The number of hydrogen-bond acceptors (Lipinski definition) is 4. The Morgan fingerprint density at radius 3 is 2.90 bits per heavy atom. The van der Waals surface area contributed by atoms with Crippen LogP contribution in [0.5, 0.6) is 0 Å². The van der Waals surface area contributed by atoms with Gasteiger partial charge in [-0.05, 0) is 30.2 Å². The molecule has 1 aromatic carbocycles. The Bertz CT molecular complexity index is 587. The van der Waals surface area contributed by atoms with Crippen molar-refractivity contribution in [1.29, 1.82) is 5.26 Å². The number of rotatable bonds is 4. The second kappa shape index (κ2) is 6.22. The van der Waals surface area contributed by atoms with Gasteiger partial charge >= 0.3 is 5.97 Å². The van der Waals surface area contributed by atoms with Gasteiger partial charge in [-0.25, -0.2) is 4.79 Å². The molecule has 2 rings (SSSR count). The van der Waals surface area contributed by atoms with Crippen molar-refractivity contribution >= 4 is 11.7 Å². The molecule has 104 valence electrons. The van der Waals surface area contributed by atoms with Gasteiger partial charge in [0.05, 0.1) is 23.4 Å². The summed E-state index contributed by atoms with van der Waals surface area (Å²) >= 11 is 0. The molecule has 20 heavy (non-hydrogen) atoms. The van der Waals surface area contributed by atoms with E-state index in [1.807, 2.05) is 0 Å². The topological polar surface area (TPSA) is 73.6 Å². The van der Waals surface area contributed by atoms with E-state index < -0.39 is 5.97 Å². The summed E-state index contributed by atoms with van der Waals surface area (Å²) in [5, 5.41) is 18.1. The molecule has 1 heterocycles. The van der Waals surface area contributed by atoms with Crippen molar-refractivity contribution in [3.05, 3.63) is 41.0 Å². The van der Waals surface area contributed by atoms with Gasteiger partial charge in [0.2, 0.25) is 0 Å². The normalized spacial score (nSPS) is 14.6. The molecule has 5 heteroatoms. The number of nitrogens with zero attached hydrogens (tertiary/aromatic N) is 2. The predicted molar refractivity (Wildman–Crippen MR) is 74.9 cm³/mol. The SMILES string of the molecule is COCC1=CCN(c2ccc(C(=O)O)cc2C#N)CC1. The summed E-state index contributed by atoms with van der Waals surface area (Å²) in [6.45, 7) is 2.15. The van der Waals surface area contributed by atoms with Crippen LogP contribution in [0.2, 0.25) is 0 Å². The van der Waals surface area contributed by atoms with Crippen LogP contribution in [0.3, 0.4) is 0 Å². The number of aromatic carboxylic acids is 1. The lowest BCUT2D eigenvalue weighted by Crippen LogP contribution is -2.30. The molecule has 0 aromatic heterocycles. The molecule has 0 atom stereocenters. The van der Waals surface area contributed by atoms with Crippen molar-refractivity contribution in [2.24, 2.45) is 0 Å². The number of ether oxygens (including phenoxy) is 1. The Kier molecular flexibility index (Phi) is 4.38. The Hall–Kier alpha value is -2.32. The fourth-order valence-corrected chi connectivity index (χ4v) is 2.28. The molecule has 0 bridgehead atoms. The average Bonchev–Trinajstić information content (AvgIpc) is 2.47. The fraction of sp³-hybridized carbons (Fsp3) is 0.333. The van der Waals surface area contributed by atoms with Crippen molar-refractivity contribution in [2.75, 3.05) is 31.7 Å². The average molecular weight is 272 g/mol. The third-order valence-electron chi connectivity index (χ3n) is 3.34. The Balaban J connectivity index is 2.22. The predicted octanol–water partition coefficient (Wildman–Crippen LogP) is 2.04. The molecule has 0 aliphatic carbocycles. The van der Waals surface area contributed by atoms with Gasteiger partial charge in [-0.15, -0.1) is 0 Å². The van der Waals surface area contributed by atoms with Crippen molar-refractivity contribution in [3.8, 4) is 6.07 Å². The summed E-state index contributed by atoms with van der Waals surface area (Å²) in [4.78, 5) is 13.0. The molecule has 0 unspecified atom stereocenters. The van der Waals surface area contributed by atoms with Crippen LogP contribution in [0.1, 0.15) is 22.3 Å². The van der Waals surface area contributed by atoms with Crippen LogP contribution < -0.4 is 4.90 Å². The minimum Gasteiger partial charge on any atom is -0.478 e. The van der Waals surface area contributed by atoms with Gasteiger partial charge in [-0.3, -0.25) is 0 Å². The smallest absolute Gasteiger partial charge is 0.335 e. The van der Waals surface area contributed by atoms with Gasteiger partial charge in [0, 0.05) is 20.2 Å². The van der Waals surface area contributed by atoms with E-state index in [1.54, 1.807) is 13.2 Å². The van der Waals surface area contributed by atoms with Crippen LogP contribution in [0.15, 0.2) is 29.8 Å². The molecule has 1 N–H and O–H groups in total. The molecule has 0 radical (unpaired) electrons. The van der Waals surface area contributed by atoms with Crippen LogP contribution in [-0.4, -0.2) is 37.9 Å². The number of carboxylic acid groups (broad SMARTS) is 1. The molecule has 0 saturated heterocycles. The first-order valence-electron chi connectivity index (χ1n) is 6.35. The van der Waals surface area contributed by atoms with E-state index in [9.17, 15) is 10.1 Å². The summed E-state index contributed by atoms with van der Waals surface area (Å²) < 4.78 is 5.10. The van der Waals surface area contributed by atoms with Crippen molar-refractivity contribution in [2.45, 2.75) is 6.42 Å². The summed E-state index contributed by atoms with van der Waals surface area (Å²) in [6, 6.07) is 6.74. The molecule has 0 spiro atoms. The summed E-state index contributed by atoms with van der Waals surface area (Å²) in [6.07, 6.45) is 2.98. The van der Waals surface area contributed by atoms with Gasteiger partial charge in [0.1, 0.15) is 6.07 Å². The Morgan fingerprint density at radius 2 is 2.35 bits per heavy atom. The van der Waals surface area contributed by atoms with E-state index >= 15 is 0 Å². The Morgan fingerprint density at radius 1 is 1.55 bits per heavy atom. The van der Waals surface area contributed by atoms with E-state index in [0.717, 1.165) is 18.7 Å². The van der Waals surface area contributed by atoms with E-state index in [4.69, 9.17) is 9.84 Å². The highest BCUT2D eigenvalue weighted by atomic mass is 16.5. The van der Waals surface area contributed by atoms with Gasteiger partial charge in [-0.1, -0.05) is 6.08 Å². The first kappa shape index (κ1) is 14.1. The number of benzene rings is 1. The zero-order valence-corrected chi connectivity index (χ0v) is 11.3. The van der Waals surface area contributed by atoms with E-state index in [1.165, 1.54) is 17.7 Å². The third-order valence-corrected chi connectivity index (χ3v) is 3.34. The second-order valence-corrected chi connectivity index (χ2v) is 4.64. The molecule has 0 fully saturated rings. The summed E-state index contributed by atoms with van der Waals surface area (Å²) in [5.74, 6) is -1.02. The molecular formula is C15H16N2O3. The van der Waals surface area contributed by atoms with Crippen molar-refractivity contribution in [3.63, 3.8) is 0 Å². The highest BCUT2D eigenvalue weighted by Gasteiger charge is 2.16. The third kappa shape index (κ3) is 2.98. The highest BCUT2D eigenvalue weighted by Crippen LogP contribution is 2.24. The van der Waals surface area contributed by atoms with Crippen LogP contribution in [0, 0.1) is 11.3 Å². The number of carboxylic acids is 1. The molecule has 0 saturated carbocycles. The lowest BCUT2D eigenvalue weighted by atomic mass is 10.0. The second-order valence-electron chi connectivity index (χ2n) is 4.64. The maximum atomic E-state index is 10.9. The van der Waals surface area contributed by atoms with E-state index in [-0.39, 0.29) is 5.56 Å². The number of nitriles is 1. The number of methoxy groups -OCH3 is 1. The maximum Gasteiger partial charge on any atom is 0.335 e. The minimum atomic E-state index is -1.02. The maximum absolute atomic E-state index is 10.9. The first-order chi connectivity index (χ1) is 9.65. The van der Waals surface area contributed by atoms with Crippen LogP contribution in [0.4, 0.5) is 5.69 Å². The molecule has 0 amide bonds. The van der Waals surface area contributed by atoms with Gasteiger partial charge in [0.15, 0.2) is 0 Å². The minimum absolute atomic E-state index is 0.137. The fourth-order valence-electron chi connectivity index (χ4n) is 2.28. The largest absolute Gasteiger partial charge is 0.478 e. The molecule has 1 aliphatic heterocycles. The number of carbonyl (C=O) groups is 1. The zero-order chi connectivity index (χ0) is 14.5. The van der Waals surface area contributed by atoms with Crippen LogP contribution in [-0.2, 0) is 4.74 Å². The number of anilines is 1. The highest BCUT2D eigenvalue weighted by molar-refractivity contribution is 5.89. The zero-order valence-electron chi connectivity index (χ0n) is 11.3. The summed E-state index contributed by atoms with van der Waals surface area (Å²) in [7, 11) is 1.67. The van der Waals surface area contributed by atoms with Crippen LogP contribution in [0.25, 0.3) is 0 Å². The van der Waals surface area contributed by atoms with E-state index in [0.29, 0.717) is 18.7 Å². The lowest BCUT2D eigenvalue weighted by molar-refractivity contribution is 0.0697. The van der Waals surface area contributed by atoms with Gasteiger partial charge in [-0.2, -0.15) is 5.26 Å². The molecule has 1 aliphatic rings. The lowest BCUT2D eigenvalue weighted by Gasteiger charge is -2.29. The monoisotopic (exact) mass is 272 g/mol. The molecule has 1 aromatic rings. The molecular weight excluding hydrogens is 256 g/mol. The van der Waals surface area contributed by atoms with Gasteiger partial charge in [0.25, 0.3) is 0 Å². The first-order valence-corrected chi connectivity index (χ1v) is 6.35. The molecule has 5 nitrogen and oxygen atoms in total. The standard InChI is InChI=1S/C15H16N2O3/c1-20-10-11-4-6-17(7-5-11)14-3-2-12(15(18)19)8-13(14)9-16/h2-4,8H,5-7,10H2,1H3,(H,18,19). The number of hydrogen-bond donors (Lipinski definition) is 1. The van der Waals surface area contributed by atoms with Crippen molar-refractivity contribution < 1.29 is 14.6 Å². The van der Waals surface area contributed by atoms with Crippen molar-refractivity contribution in [1.82, 2.24) is 0 Å².